The molecule has 0 bridgehead atoms. The minimum atomic E-state index is -2.46. The van der Waals surface area contributed by atoms with Crippen molar-refractivity contribution in [1.29, 1.82) is 0 Å². The van der Waals surface area contributed by atoms with Gasteiger partial charge in [-0.1, -0.05) is 0 Å². The van der Waals surface area contributed by atoms with E-state index in [0.29, 0.717) is 0 Å². The van der Waals surface area contributed by atoms with E-state index in [1.54, 1.807) is 30.0 Å². The van der Waals surface area contributed by atoms with Crippen LogP contribution in [0.3, 0.4) is 0 Å². The Labute approximate surface area is 217 Å². The van der Waals surface area contributed by atoms with Gasteiger partial charge in [0.2, 0.25) is 0 Å². The van der Waals surface area contributed by atoms with Gasteiger partial charge in [-0.05, 0) is 0 Å². The van der Waals surface area contributed by atoms with Gasteiger partial charge in [0.15, 0.2) is 0 Å². The molecule has 2 aliphatic rings. The third-order valence-electron chi connectivity index (χ3n) is 9.78. The summed E-state index contributed by atoms with van der Waals surface area (Å²) in [7, 11) is 0. The van der Waals surface area contributed by atoms with E-state index >= 15 is 0 Å². The van der Waals surface area contributed by atoms with Crippen LogP contribution in [0.2, 0.25) is 13.3 Å². The Morgan fingerprint density at radius 3 is 1.94 bits per heavy atom. The van der Waals surface area contributed by atoms with E-state index in [-0.39, 0.29) is 0 Å². The van der Waals surface area contributed by atoms with Crippen molar-refractivity contribution in [1.82, 2.24) is 0 Å². The molecule has 1 saturated carbocycles. The molecule has 0 nitrogen and oxygen atoms in total. The van der Waals surface area contributed by atoms with Crippen molar-refractivity contribution in [3.8, 4) is 0 Å². The SMILES string of the molecule is CCC[CH2][Sn]([CH2]CCC)([CH2]CCC)[C@@H]1C=C([C@@H]2C[C@H](C)CC[C@H]2C(C)C)c2c(C)ccc(C)c21. The quantitative estimate of drug-likeness (QED) is 0.219. The van der Waals surface area contributed by atoms with Crippen molar-refractivity contribution < 1.29 is 0 Å². The number of aryl methyl sites for hydroxylation is 2. The fourth-order valence-corrected chi connectivity index (χ4v) is 25.9. The van der Waals surface area contributed by atoms with Gasteiger partial charge in [-0.3, -0.25) is 0 Å². The van der Waals surface area contributed by atoms with E-state index in [1.807, 2.05) is 11.1 Å². The summed E-state index contributed by atoms with van der Waals surface area (Å²) in [6, 6.07) is 4.92. The van der Waals surface area contributed by atoms with Crippen LogP contribution < -0.4 is 0 Å². The van der Waals surface area contributed by atoms with Gasteiger partial charge in [0.1, 0.15) is 0 Å². The molecule has 0 radical (unpaired) electrons. The topological polar surface area (TPSA) is 0 Å². The Hall–Kier alpha value is -0.241. The van der Waals surface area contributed by atoms with Crippen molar-refractivity contribution in [3.05, 3.63) is 40.5 Å². The van der Waals surface area contributed by atoms with Crippen LogP contribution in [0.5, 0.6) is 0 Å². The first kappa shape index (κ1) is 28.3. The maximum absolute atomic E-state index is 2.97. The zero-order valence-electron chi connectivity index (χ0n) is 24.1. The maximum atomic E-state index is 2.97. The van der Waals surface area contributed by atoms with E-state index in [4.69, 9.17) is 0 Å². The Morgan fingerprint density at radius 2 is 1.41 bits per heavy atom. The Kier molecular flexibility index (Phi) is 10.7. The molecule has 1 fully saturated rings. The molecule has 0 aromatic heterocycles. The first-order chi connectivity index (χ1) is 16.3. The molecule has 0 saturated heterocycles. The molecule has 1 heteroatoms. The summed E-state index contributed by atoms with van der Waals surface area (Å²) in [5.74, 6) is 3.31. The zero-order chi connectivity index (χ0) is 24.9. The summed E-state index contributed by atoms with van der Waals surface area (Å²) in [6.07, 6.45) is 15.8. The van der Waals surface area contributed by atoms with Crippen LogP contribution in [0.15, 0.2) is 18.2 Å². The minimum absolute atomic E-state index is 0.778. The molecular weight excluding hydrogens is 515 g/mol. The fraction of sp³-hybridized carbons (Fsp3) is 0.758. The van der Waals surface area contributed by atoms with Crippen molar-refractivity contribution in [2.45, 2.75) is 130 Å². The fourth-order valence-electron chi connectivity index (χ4n) is 7.74. The second-order valence-corrected chi connectivity index (χ2v) is 26.5. The van der Waals surface area contributed by atoms with E-state index in [0.717, 1.165) is 27.6 Å². The second-order valence-electron chi connectivity index (χ2n) is 12.7. The third-order valence-corrected chi connectivity index (χ3v) is 26.4. The summed E-state index contributed by atoms with van der Waals surface area (Å²) < 4.78 is 5.66. The van der Waals surface area contributed by atoms with Crippen molar-refractivity contribution in [3.63, 3.8) is 0 Å². The average molecular weight is 572 g/mol. The molecule has 0 N–H and O–H groups in total. The van der Waals surface area contributed by atoms with Gasteiger partial charge in [-0.25, -0.2) is 0 Å². The molecule has 0 aliphatic heterocycles. The van der Waals surface area contributed by atoms with Crippen LogP contribution in [-0.4, -0.2) is 18.4 Å². The summed E-state index contributed by atoms with van der Waals surface area (Å²) in [5, 5.41) is 0. The molecule has 3 rings (SSSR count). The van der Waals surface area contributed by atoms with Gasteiger partial charge in [0, 0.05) is 0 Å². The summed E-state index contributed by atoms with van der Waals surface area (Å²) in [6.45, 7) is 19.7. The van der Waals surface area contributed by atoms with Crippen LogP contribution in [0.4, 0.5) is 0 Å². The van der Waals surface area contributed by atoms with Gasteiger partial charge < -0.3 is 0 Å². The number of fused-ring (bicyclic) bond motifs is 1. The molecule has 1 aromatic rings. The molecule has 0 spiro atoms. The number of hydrogen-bond donors (Lipinski definition) is 0. The van der Waals surface area contributed by atoms with E-state index in [1.165, 1.54) is 57.8 Å². The summed E-state index contributed by atoms with van der Waals surface area (Å²) in [5.41, 5.74) is 8.55. The Morgan fingerprint density at radius 1 is 0.853 bits per heavy atom. The molecule has 192 valence electrons. The summed E-state index contributed by atoms with van der Waals surface area (Å²) in [4.78, 5) is 0. The number of hydrogen-bond acceptors (Lipinski definition) is 0. The van der Waals surface area contributed by atoms with E-state index < -0.39 is 18.4 Å². The third kappa shape index (κ3) is 6.00. The van der Waals surface area contributed by atoms with E-state index in [9.17, 15) is 0 Å². The van der Waals surface area contributed by atoms with Crippen LogP contribution >= 0.6 is 0 Å². The van der Waals surface area contributed by atoms with Crippen LogP contribution in [0, 0.1) is 37.5 Å². The molecule has 4 atom stereocenters. The molecule has 0 amide bonds. The second kappa shape index (κ2) is 12.8. The van der Waals surface area contributed by atoms with Crippen LogP contribution in [0.25, 0.3) is 5.57 Å². The monoisotopic (exact) mass is 572 g/mol. The standard InChI is InChI=1S/C21H29.3C4H9.Sn/c1-13(2)17-9-6-14(3)12-20(17)19-11-10-18-15(4)7-8-16(5)21(18)19;3*1-3-4-2;/h7-8,10-11,13-14,17,20H,6,9,12H2,1-5H3;3*1,3-4H2,2H3;/t14-,17+,20-;;;;/m1..../s1. The predicted molar refractivity (Wildman–Crippen MR) is 156 cm³/mol. The van der Waals surface area contributed by atoms with Gasteiger partial charge in [0.25, 0.3) is 0 Å². The van der Waals surface area contributed by atoms with Crippen molar-refractivity contribution in [2.75, 3.05) is 0 Å². The number of unbranched alkanes of at least 4 members (excludes halogenated alkanes) is 3. The van der Waals surface area contributed by atoms with Gasteiger partial charge in [0.05, 0.1) is 0 Å². The number of rotatable bonds is 12. The molecule has 2 aliphatic carbocycles. The number of benzene rings is 1. The molecule has 0 heterocycles. The molecule has 34 heavy (non-hydrogen) atoms. The first-order valence-corrected chi connectivity index (χ1v) is 22.8. The predicted octanol–water partition coefficient (Wildman–Crippen LogP) is 10.9. The van der Waals surface area contributed by atoms with E-state index in [2.05, 4.69) is 73.6 Å². The molecule has 0 unspecified atom stereocenters. The normalized spacial score (nSPS) is 25.0. The summed E-state index contributed by atoms with van der Waals surface area (Å²) >= 11 is -2.46. The van der Waals surface area contributed by atoms with Gasteiger partial charge in [-0.15, -0.1) is 0 Å². The Balaban J connectivity index is 2.18. The Bertz CT molecular complexity index is 794. The first-order valence-electron chi connectivity index (χ1n) is 15.1. The van der Waals surface area contributed by atoms with Gasteiger partial charge >= 0.3 is 219 Å². The molecular formula is C33H56Sn. The zero-order valence-corrected chi connectivity index (χ0v) is 27.0. The molecule has 1 aromatic carbocycles. The van der Waals surface area contributed by atoms with Crippen LogP contribution in [0.1, 0.15) is 126 Å². The average Bonchev–Trinajstić information content (AvgIpc) is 3.23. The van der Waals surface area contributed by atoms with Crippen molar-refractivity contribution in [2.24, 2.45) is 23.7 Å². The van der Waals surface area contributed by atoms with Crippen LogP contribution in [-0.2, 0) is 0 Å². The van der Waals surface area contributed by atoms with Gasteiger partial charge in [-0.2, -0.15) is 0 Å². The van der Waals surface area contributed by atoms with Crippen molar-refractivity contribution >= 4 is 24.0 Å². The number of allylic oxidation sites excluding steroid dienone is 2.